The predicted molar refractivity (Wildman–Crippen MR) is 75.5 cm³/mol. The molecule has 1 aliphatic heterocycles. The zero-order chi connectivity index (χ0) is 13.5. The van der Waals surface area contributed by atoms with Crippen LogP contribution in [0.3, 0.4) is 0 Å². The van der Waals surface area contributed by atoms with E-state index in [0.717, 1.165) is 24.5 Å². The Morgan fingerprint density at radius 1 is 1.20 bits per heavy atom. The van der Waals surface area contributed by atoms with Crippen molar-refractivity contribution in [2.75, 3.05) is 11.4 Å². The molecule has 4 rings (SSSR count). The minimum Gasteiger partial charge on any atom is -0.350 e. The fourth-order valence-corrected chi connectivity index (χ4v) is 3.49. The lowest BCUT2D eigenvalue weighted by Crippen LogP contribution is -2.62. The third-order valence-electron chi connectivity index (χ3n) is 4.69. The minimum atomic E-state index is 0.125. The Hall–Kier alpha value is -1.65. The van der Waals surface area contributed by atoms with Crippen LogP contribution in [0.2, 0.25) is 0 Å². The van der Waals surface area contributed by atoms with Gasteiger partial charge in [-0.1, -0.05) is 12.8 Å². The Morgan fingerprint density at radius 2 is 2.05 bits per heavy atom. The number of rotatable bonds is 2. The molecule has 0 bridgehead atoms. The van der Waals surface area contributed by atoms with Crippen molar-refractivity contribution in [3.63, 3.8) is 0 Å². The maximum Gasteiger partial charge on any atom is 0.239 e. The van der Waals surface area contributed by atoms with Gasteiger partial charge in [0.15, 0.2) is 0 Å². The standard InChI is InChI=1S/C15H20N4O/c20-14-9-19(12-4-2-1-3-11(12)17-14)13-7-8-16-15(18-13)10-5-6-10/h7-8,10-12H,1-6,9H2,(H,17,20)/t11-,12-/m1/s1. The third kappa shape index (κ3) is 2.15. The van der Waals surface area contributed by atoms with Crippen molar-refractivity contribution in [2.24, 2.45) is 0 Å². The molecule has 3 aliphatic rings. The van der Waals surface area contributed by atoms with Crippen molar-refractivity contribution in [3.05, 3.63) is 18.1 Å². The number of carbonyl (C=O) groups is 1. The highest BCUT2D eigenvalue weighted by molar-refractivity contribution is 5.83. The zero-order valence-electron chi connectivity index (χ0n) is 11.6. The summed E-state index contributed by atoms with van der Waals surface area (Å²) in [6.07, 6.45) is 8.95. The molecule has 5 nitrogen and oxygen atoms in total. The Kier molecular flexibility index (Phi) is 2.86. The van der Waals surface area contributed by atoms with Crippen LogP contribution in [0.5, 0.6) is 0 Å². The van der Waals surface area contributed by atoms with Crippen LogP contribution in [0.4, 0.5) is 5.82 Å². The van der Waals surface area contributed by atoms with Crippen molar-refractivity contribution < 1.29 is 4.79 Å². The van der Waals surface area contributed by atoms with Crippen molar-refractivity contribution in [1.82, 2.24) is 15.3 Å². The molecule has 0 spiro atoms. The van der Waals surface area contributed by atoms with Gasteiger partial charge in [-0.05, 0) is 31.7 Å². The monoisotopic (exact) mass is 272 g/mol. The summed E-state index contributed by atoms with van der Waals surface area (Å²) in [5, 5.41) is 3.14. The number of fused-ring (bicyclic) bond motifs is 1. The molecule has 1 amide bonds. The normalized spacial score (nSPS) is 29.8. The molecule has 2 heterocycles. The highest BCUT2D eigenvalue weighted by Gasteiger charge is 2.37. The van der Waals surface area contributed by atoms with Crippen molar-refractivity contribution in [2.45, 2.75) is 56.5 Å². The molecule has 0 unspecified atom stereocenters. The van der Waals surface area contributed by atoms with Gasteiger partial charge < -0.3 is 10.2 Å². The molecule has 106 valence electrons. The molecule has 1 N–H and O–H groups in total. The summed E-state index contributed by atoms with van der Waals surface area (Å²) < 4.78 is 0. The molecule has 1 aromatic rings. The number of amides is 1. The third-order valence-corrected chi connectivity index (χ3v) is 4.69. The molecule has 1 saturated heterocycles. The predicted octanol–water partition coefficient (Wildman–Crippen LogP) is 1.60. The first kappa shape index (κ1) is 12.1. The number of nitrogens with zero attached hydrogens (tertiary/aromatic N) is 3. The number of piperazine rings is 1. The van der Waals surface area contributed by atoms with Crippen LogP contribution in [0, 0.1) is 0 Å². The van der Waals surface area contributed by atoms with Crippen LogP contribution in [-0.2, 0) is 4.79 Å². The van der Waals surface area contributed by atoms with E-state index >= 15 is 0 Å². The molecule has 0 aromatic carbocycles. The van der Waals surface area contributed by atoms with Gasteiger partial charge in [-0.2, -0.15) is 0 Å². The van der Waals surface area contributed by atoms with Gasteiger partial charge in [0, 0.05) is 18.2 Å². The summed E-state index contributed by atoms with van der Waals surface area (Å²) in [5.41, 5.74) is 0. The second kappa shape index (κ2) is 4.72. The lowest BCUT2D eigenvalue weighted by Gasteiger charge is -2.44. The zero-order valence-corrected chi connectivity index (χ0v) is 11.6. The Morgan fingerprint density at radius 3 is 2.90 bits per heavy atom. The van der Waals surface area contributed by atoms with Crippen molar-refractivity contribution >= 4 is 11.7 Å². The van der Waals surface area contributed by atoms with Gasteiger partial charge in [0.25, 0.3) is 0 Å². The van der Waals surface area contributed by atoms with Crippen LogP contribution in [0.15, 0.2) is 12.3 Å². The van der Waals surface area contributed by atoms with Crippen molar-refractivity contribution in [1.29, 1.82) is 0 Å². The van der Waals surface area contributed by atoms with Crippen molar-refractivity contribution in [3.8, 4) is 0 Å². The highest BCUT2D eigenvalue weighted by Crippen LogP contribution is 2.38. The maximum atomic E-state index is 11.9. The van der Waals surface area contributed by atoms with Gasteiger partial charge >= 0.3 is 0 Å². The molecule has 3 fully saturated rings. The summed E-state index contributed by atoms with van der Waals surface area (Å²) in [4.78, 5) is 23.2. The first-order chi connectivity index (χ1) is 9.81. The Labute approximate surface area is 118 Å². The van der Waals surface area contributed by atoms with Crippen LogP contribution in [0.25, 0.3) is 0 Å². The first-order valence-corrected chi connectivity index (χ1v) is 7.70. The number of aromatic nitrogens is 2. The molecule has 2 atom stereocenters. The number of hydrogen-bond donors (Lipinski definition) is 1. The topological polar surface area (TPSA) is 58.1 Å². The number of carbonyl (C=O) groups excluding carboxylic acids is 1. The summed E-state index contributed by atoms with van der Waals surface area (Å²) in [5.74, 6) is 2.57. The van der Waals surface area contributed by atoms with Gasteiger partial charge in [0.1, 0.15) is 11.6 Å². The van der Waals surface area contributed by atoms with Crippen LogP contribution >= 0.6 is 0 Å². The van der Waals surface area contributed by atoms with E-state index in [1.165, 1.54) is 25.7 Å². The highest BCUT2D eigenvalue weighted by atomic mass is 16.2. The molecular weight excluding hydrogens is 252 g/mol. The smallest absolute Gasteiger partial charge is 0.239 e. The van der Waals surface area contributed by atoms with Gasteiger partial charge in [0.2, 0.25) is 5.91 Å². The van der Waals surface area contributed by atoms with E-state index < -0.39 is 0 Å². The number of anilines is 1. The van der Waals surface area contributed by atoms with E-state index in [9.17, 15) is 4.79 Å². The molecule has 20 heavy (non-hydrogen) atoms. The van der Waals surface area contributed by atoms with Gasteiger partial charge in [-0.25, -0.2) is 9.97 Å². The van der Waals surface area contributed by atoms with Crippen LogP contribution in [0.1, 0.15) is 50.3 Å². The summed E-state index contributed by atoms with van der Waals surface area (Å²) in [6, 6.07) is 2.66. The fraction of sp³-hybridized carbons (Fsp3) is 0.667. The summed E-state index contributed by atoms with van der Waals surface area (Å²) >= 11 is 0. The summed E-state index contributed by atoms with van der Waals surface area (Å²) in [7, 11) is 0. The maximum absolute atomic E-state index is 11.9. The van der Waals surface area contributed by atoms with Gasteiger partial charge in [-0.15, -0.1) is 0 Å². The Bertz CT molecular complexity index is 528. The largest absolute Gasteiger partial charge is 0.350 e. The second-order valence-electron chi connectivity index (χ2n) is 6.20. The second-order valence-corrected chi connectivity index (χ2v) is 6.20. The first-order valence-electron chi connectivity index (χ1n) is 7.70. The van der Waals surface area contributed by atoms with E-state index in [1.54, 1.807) is 0 Å². The number of nitrogens with one attached hydrogen (secondary N) is 1. The average molecular weight is 272 g/mol. The lowest BCUT2D eigenvalue weighted by atomic mass is 9.87. The molecule has 0 radical (unpaired) electrons. The molecule has 5 heteroatoms. The summed E-state index contributed by atoms with van der Waals surface area (Å²) in [6.45, 7) is 0.433. The van der Waals surface area contributed by atoms with Crippen LogP contribution < -0.4 is 10.2 Å². The van der Waals surface area contributed by atoms with Gasteiger partial charge in [0.05, 0.1) is 12.6 Å². The number of hydrogen-bond acceptors (Lipinski definition) is 4. The van der Waals surface area contributed by atoms with E-state index in [4.69, 9.17) is 4.98 Å². The van der Waals surface area contributed by atoms with E-state index in [0.29, 0.717) is 24.5 Å². The van der Waals surface area contributed by atoms with Gasteiger partial charge in [-0.3, -0.25) is 4.79 Å². The fourth-order valence-electron chi connectivity index (χ4n) is 3.49. The minimum absolute atomic E-state index is 0.125. The molecule has 2 aliphatic carbocycles. The average Bonchev–Trinajstić information content (AvgIpc) is 3.31. The van der Waals surface area contributed by atoms with E-state index in [1.807, 2.05) is 12.3 Å². The lowest BCUT2D eigenvalue weighted by molar-refractivity contribution is -0.122. The molecule has 1 aromatic heterocycles. The van der Waals surface area contributed by atoms with E-state index in [-0.39, 0.29) is 5.91 Å². The van der Waals surface area contributed by atoms with E-state index in [2.05, 4.69) is 15.2 Å². The SMILES string of the molecule is O=C1CN(c2ccnc(C3CC3)n2)[C@@H]2CCCC[C@H]2N1. The molecule has 2 saturated carbocycles. The van der Waals surface area contributed by atoms with Crippen LogP contribution in [-0.4, -0.2) is 34.5 Å². The Balaban J connectivity index is 1.64. The molecular formula is C15H20N4O. The quantitative estimate of drug-likeness (QED) is 0.888.